The summed E-state index contributed by atoms with van der Waals surface area (Å²) in [6.45, 7) is 0.0378. The van der Waals surface area contributed by atoms with Crippen LogP contribution in [0.1, 0.15) is 6.42 Å². The molecule has 0 unspecified atom stereocenters. The molecule has 0 fully saturated rings. The first-order valence-corrected chi connectivity index (χ1v) is 5.89. The van der Waals surface area contributed by atoms with Crippen molar-refractivity contribution in [3.8, 4) is 0 Å². The van der Waals surface area contributed by atoms with Gasteiger partial charge < -0.3 is 15.7 Å². The van der Waals surface area contributed by atoms with E-state index in [0.29, 0.717) is 5.69 Å². The molecule has 1 aromatic carbocycles. The van der Waals surface area contributed by atoms with Crippen molar-refractivity contribution in [2.75, 3.05) is 12.3 Å². The predicted molar refractivity (Wildman–Crippen MR) is 57.8 cm³/mol. The molecule has 0 bridgehead atoms. The van der Waals surface area contributed by atoms with E-state index in [0.717, 1.165) is 0 Å². The summed E-state index contributed by atoms with van der Waals surface area (Å²) in [6.07, 6.45) is -0.145. The quantitative estimate of drug-likeness (QED) is 0.562. The second kappa shape index (κ2) is 4.95. The third-order valence-electron chi connectivity index (χ3n) is 1.72. The molecular formula is C9H12N2O4S. The lowest BCUT2D eigenvalue weighted by molar-refractivity contribution is -0.133. The fourth-order valence-electron chi connectivity index (χ4n) is 0.964. The standard InChI is InChI=1S/C9H12N2O4S/c10-6-5-9(12)15-16(13,14)8-3-1-7(11)2-4-8/h1-4H,5-6,10-11H2. The van der Waals surface area contributed by atoms with Crippen molar-refractivity contribution < 1.29 is 17.4 Å². The molecule has 0 aliphatic heterocycles. The van der Waals surface area contributed by atoms with E-state index in [4.69, 9.17) is 11.5 Å². The Balaban J connectivity index is 2.86. The number of nitrogens with two attached hydrogens (primary N) is 2. The van der Waals surface area contributed by atoms with E-state index in [2.05, 4.69) is 4.18 Å². The second-order valence-electron chi connectivity index (χ2n) is 3.02. The van der Waals surface area contributed by atoms with Gasteiger partial charge in [0.2, 0.25) is 0 Å². The fraction of sp³-hybridized carbons (Fsp3) is 0.222. The fourth-order valence-corrected chi connectivity index (χ4v) is 1.86. The summed E-state index contributed by atoms with van der Waals surface area (Å²) in [6, 6.07) is 5.34. The van der Waals surface area contributed by atoms with E-state index in [1.165, 1.54) is 24.3 Å². The predicted octanol–water partition coefficient (Wildman–Crippen LogP) is -0.151. The van der Waals surface area contributed by atoms with Crippen molar-refractivity contribution >= 4 is 21.8 Å². The number of hydrogen-bond acceptors (Lipinski definition) is 6. The molecule has 0 radical (unpaired) electrons. The summed E-state index contributed by atoms with van der Waals surface area (Å²) in [5.41, 5.74) is 10.9. The van der Waals surface area contributed by atoms with Gasteiger partial charge in [0.05, 0.1) is 6.42 Å². The summed E-state index contributed by atoms with van der Waals surface area (Å²) < 4.78 is 27.3. The van der Waals surface area contributed by atoms with Gasteiger partial charge in [-0.15, -0.1) is 0 Å². The van der Waals surface area contributed by atoms with E-state index in [1.807, 2.05) is 0 Å². The van der Waals surface area contributed by atoms with E-state index in [9.17, 15) is 13.2 Å². The van der Waals surface area contributed by atoms with Gasteiger partial charge in [0.25, 0.3) is 0 Å². The zero-order valence-electron chi connectivity index (χ0n) is 8.42. The second-order valence-corrected chi connectivity index (χ2v) is 4.56. The number of benzene rings is 1. The molecule has 0 saturated carbocycles. The van der Waals surface area contributed by atoms with Gasteiger partial charge in [-0.1, -0.05) is 0 Å². The Kier molecular flexibility index (Phi) is 3.86. The van der Waals surface area contributed by atoms with Crippen LogP contribution < -0.4 is 11.5 Å². The number of rotatable bonds is 4. The molecule has 6 nitrogen and oxygen atoms in total. The monoisotopic (exact) mass is 244 g/mol. The molecule has 0 amide bonds. The molecule has 0 aliphatic carbocycles. The Morgan fingerprint density at radius 3 is 2.31 bits per heavy atom. The highest BCUT2D eigenvalue weighted by Gasteiger charge is 2.19. The summed E-state index contributed by atoms with van der Waals surface area (Å²) in [5.74, 6) is -0.876. The highest BCUT2D eigenvalue weighted by atomic mass is 32.2. The maximum atomic E-state index is 11.5. The normalized spacial score (nSPS) is 11.1. The van der Waals surface area contributed by atoms with Crippen LogP contribution >= 0.6 is 0 Å². The molecule has 88 valence electrons. The molecule has 0 atom stereocenters. The highest BCUT2D eigenvalue weighted by Crippen LogP contribution is 2.14. The van der Waals surface area contributed by atoms with Crippen LogP contribution in [0, 0.1) is 0 Å². The van der Waals surface area contributed by atoms with Gasteiger partial charge in [-0.3, -0.25) is 4.79 Å². The minimum absolute atomic E-state index is 0.0378. The molecule has 1 rings (SSSR count). The van der Waals surface area contributed by atoms with Gasteiger partial charge in [0, 0.05) is 12.2 Å². The van der Waals surface area contributed by atoms with Gasteiger partial charge in [-0.2, -0.15) is 8.42 Å². The molecule has 0 aliphatic rings. The van der Waals surface area contributed by atoms with Crippen molar-refractivity contribution in [1.29, 1.82) is 0 Å². The van der Waals surface area contributed by atoms with Crippen molar-refractivity contribution in [1.82, 2.24) is 0 Å². The van der Waals surface area contributed by atoms with Crippen molar-refractivity contribution in [3.63, 3.8) is 0 Å². The first kappa shape index (κ1) is 12.5. The summed E-state index contributed by atoms with van der Waals surface area (Å²) in [5, 5.41) is 0. The van der Waals surface area contributed by atoms with Gasteiger partial charge in [-0.25, -0.2) is 0 Å². The molecule has 1 aromatic rings. The van der Waals surface area contributed by atoms with E-state index in [-0.39, 0.29) is 17.9 Å². The topological polar surface area (TPSA) is 112 Å². The van der Waals surface area contributed by atoms with Gasteiger partial charge >= 0.3 is 16.1 Å². The lowest BCUT2D eigenvalue weighted by Crippen LogP contribution is -2.16. The maximum absolute atomic E-state index is 11.5. The largest absolute Gasteiger partial charge is 0.399 e. The Hall–Kier alpha value is -1.60. The van der Waals surface area contributed by atoms with Gasteiger partial charge in [0.1, 0.15) is 4.90 Å². The lowest BCUT2D eigenvalue weighted by atomic mass is 10.3. The third kappa shape index (κ3) is 3.21. The molecule has 7 heteroatoms. The Labute approximate surface area is 93.3 Å². The van der Waals surface area contributed by atoms with Crippen LogP contribution in [-0.2, 0) is 19.1 Å². The number of hydrogen-bond donors (Lipinski definition) is 2. The van der Waals surface area contributed by atoms with Crippen molar-refractivity contribution in [2.24, 2.45) is 5.73 Å². The van der Waals surface area contributed by atoms with Crippen LogP contribution in [0.3, 0.4) is 0 Å². The summed E-state index contributed by atoms with van der Waals surface area (Å²) in [7, 11) is -4.06. The summed E-state index contributed by atoms with van der Waals surface area (Å²) >= 11 is 0. The number of carbonyl (C=O) groups is 1. The average molecular weight is 244 g/mol. The summed E-state index contributed by atoms with van der Waals surface area (Å²) in [4.78, 5) is 10.9. The minimum Gasteiger partial charge on any atom is -0.399 e. The molecule has 0 spiro atoms. The van der Waals surface area contributed by atoms with E-state index in [1.54, 1.807) is 0 Å². The molecule has 0 aromatic heterocycles. The number of nitrogen functional groups attached to an aromatic ring is 1. The highest BCUT2D eigenvalue weighted by molar-refractivity contribution is 7.87. The SMILES string of the molecule is NCCC(=O)OS(=O)(=O)c1ccc(N)cc1. The zero-order valence-corrected chi connectivity index (χ0v) is 9.24. The smallest absolute Gasteiger partial charge is 0.341 e. The van der Waals surface area contributed by atoms with Crippen LogP contribution in [0.15, 0.2) is 29.2 Å². The van der Waals surface area contributed by atoms with E-state index < -0.39 is 16.1 Å². The van der Waals surface area contributed by atoms with E-state index >= 15 is 0 Å². The molecule has 16 heavy (non-hydrogen) atoms. The number of anilines is 1. The first-order chi connectivity index (χ1) is 7.45. The van der Waals surface area contributed by atoms with Gasteiger partial charge in [0.15, 0.2) is 0 Å². The van der Waals surface area contributed by atoms with Crippen LogP contribution in [0.4, 0.5) is 5.69 Å². The average Bonchev–Trinajstić information content (AvgIpc) is 2.17. The maximum Gasteiger partial charge on any atom is 0.341 e. The Bertz CT molecular complexity index is 467. The van der Waals surface area contributed by atoms with Crippen LogP contribution in [0.5, 0.6) is 0 Å². The first-order valence-electron chi connectivity index (χ1n) is 4.48. The Morgan fingerprint density at radius 2 is 1.81 bits per heavy atom. The molecular weight excluding hydrogens is 232 g/mol. The molecule has 4 N–H and O–H groups in total. The molecule has 0 heterocycles. The lowest BCUT2D eigenvalue weighted by Gasteiger charge is -2.04. The minimum atomic E-state index is -4.06. The molecule has 0 saturated heterocycles. The third-order valence-corrected chi connectivity index (χ3v) is 2.97. The van der Waals surface area contributed by atoms with Crippen molar-refractivity contribution in [2.45, 2.75) is 11.3 Å². The van der Waals surface area contributed by atoms with Crippen LogP contribution in [0.25, 0.3) is 0 Å². The number of carbonyl (C=O) groups excluding carboxylic acids is 1. The van der Waals surface area contributed by atoms with Crippen LogP contribution in [0.2, 0.25) is 0 Å². The van der Waals surface area contributed by atoms with Crippen molar-refractivity contribution in [3.05, 3.63) is 24.3 Å². The van der Waals surface area contributed by atoms with Crippen LogP contribution in [-0.4, -0.2) is 20.9 Å². The Morgan fingerprint density at radius 1 is 1.25 bits per heavy atom. The van der Waals surface area contributed by atoms with Gasteiger partial charge in [-0.05, 0) is 24.3 Å². The zero-order chi connectivity index (χ0) is 12.2.